The van der Waals surface area contributed by atoms with E-state index < -0.39 is 0 Å². The van der Waals surface area contributed by atoms with Gasteiger partial charge in [0.1, 0.15) is 0 Å². The lowest BCUT2D eigenvalue weighted by atomic mass is 9.99. The number of aryl methyl sites for hydroxylation is 1. The predicted molar refractivity (Wildman–Crippen MR) is 64.4 cm³/mol. The van der Waals surface area contributed by atoms with Gasteiger partial charge in [0, 0.05) is 37.1 Å². The number of fused-ring (bicyclic) bond motifs is 2. The van der Waals surface area contributed by atoms with Crippen LogP contribution in [0.4, 0.5) is 5.95 Å². The Morgan fingerprint density at radius 1 is 1.38 bits per heavy atom. The lowest BCUT2D eigenvalue weighted by molar-refractivity contribution is 0.405. The van der Waals surface area contributed by atoms with Crippen molar-refractivity contribution < 1.29 is 0 Å². The first-order valence-electron chi connectivity index (χ1n) is 6.34. The molecule has 3 rings (SSSR count). The molecule has 2 bridgehead atoms. The molecule has 4 nitrogen and oxygen atoms in total. The third kappa shape index (κ3) is 1.44. The number of imidazole rings is 1. The molecule has 0 amide bonds. The zero-order valence-corrected chi connectivity index (χ0v) is 9.84. The van der Waals surface area contributed by atoms with Crippen molar-refractivity contribution in [1.29, 1.82) is 0 Å². The van der Waals surface area contributed by atoms with Crippen molar-refractivity contribution in [3.8, 4) is 0 Å². The Morgan fingerprint density at radius 2 is 2.06 bits per heavy atom. The van der Waals surface area contributed by atoms with Crippen molar-refractivity contribution >= 4 is 5.95 Å². The molecule has 2 saturated heterocycles. The summed E-state index contributed by atoms with van der Waals surface area (Å²) >= 11 is 0. The van der Waals surface area contributed by atoms with Crippen molar-refractivity contribution in [2.45, 2.75) is 57.3 Å². The van der Waals surface area contributed by atoms with E-state index >= 15 is 0 Å². The monoisotopic (exact) mass is 220 g/mol. The fourth-order valence-electron chi connectivity index (χ4n) is 3.33. The van der Waals surface area contributed by atoms with Crippen LogP contribution in [0.25, 0.3) is 0 Å². The van der Waals surface area contributed by atoms with Crippen molar-refractivity contribution in [1.82, 2.24) is 9.55 Å². The van der Waals surface area contributed by atoms with Crippen LogP contribution in [-0.4, -0.2) is 27.7 Å². The van der Waals surface area contributed by atoms with Gasteiger partial charge in [-0.3, -0.25) is 0 Å². The molecule has 0 spiro atoms. The molecular formula is C12H20N4. The number of anilines is 1. The number of rotatable bonds is 2. The normalized spacial score (nSPS) is 33.4. The van der Waals surface area contributed by atoms with E-state index in [0.29, 0.717) is 18.1 Å². The summed E-state index contributed by atoms with van der Waals surface area (Å²) in [7, 11) is 0. The number of hydrogen-bond donors (Lipinski definition) is 1. The van der Waals surface area contributed by atoms with Crippen LogP contribution in [0.1, 0.15) is 32.6 Å². The zero-order valence-electron chi connectivity index (χ0n) is 9.84. The quantitative estimate of drug-likeness (QED) is 0.818. The Kier molecular flexibility index (Phi) is 2.39. The van der Waals surface area contributed by atoms with Crippen LogP contribution in [0.15, 0.2) is 12.4 Å². The highest BCUT2D eigenvalue weighted by Gasteiger charge is 2.41. The summed E-state index contributed by atoms with van der Waals surface area (Å²) in [5.41, 5.74) is 6.09. The summed E-state index contributed by atoms with van der Waals surface area (Å²) in [6, 6.07) is 1.65. The standard InChI is InChI=1S/C12H20N4/c1-2-15-6-5-14-12(15)16-10-3-4-11(16)8-9(13)7-10/h5-6,9-11H,2-4,7-8,13H2,1H3. The summed E-state index contributed by atoms with van der Waals surface area (Å²) < 4.78 is 2.24. The molecule has 0 radical (unpaired) electrons. The van der Waals surface area contributed by atoms with Gasteiger partial charge in [0.15, 0.2) is 0 Å². The van der Waals surface area contributed by atoms with Crippen molar-refractivity contribution in [2.24, 2.45) is 5.73 Å². The molecular weight excluding hydrogens is 200 g/mol. The van der Waals surface area contributed by atoms with Gasteiger partial charge in [-0.1, -0.05) is 0 Å². The molecule has 4 heteroatoms. The minimum atomic E-state index is 0.402. The summed E-state index contributed by atoms with van der Waals surface area (Å²) in [5, 5.41) is 0. The van der Waals surface area contributed by atoms with Crippen LogP contribution in [0.2, 0.25) is 0 Å². The maximum absolute atomic E-state index is 6.09. The zero-order chi connectivity index (χ0) is 11.1. The Labute approximate surface area is 96.4 Å². The summed E-state index contributed by atoms with van der Waals surface area (Å²) in [6.45, 7) is 3.17. The Morgan fingerprint density at radius 3 is 2.69 bits per heavy atom. The smallest absolute Gasteiger partial charge is 0.205 e. The lowest BCUT2D eigenvalue weighted by Crippen LogP contribution is -2.48. The molecule has 0 aliphatic carbocycles. The SMILES string of the molecule is CCn1ccnc1N1C2CCC1CC(N)C2. The van der Waals surface area contributed by atoms with E-state index in [9.17, 15) is 0 Å². The van der Waals surface area contributed by atoms with Gasteiger partial charge >= 0.3 is 0 Å². The second kappa shape index (κ2) is 3.77. The van der Waals surface area contributed by atoms with Gasteiger partial charge in [0.05, 0.1) is 0 Å². The van der Waals surface area contributed by atoms with Crippen LogP contribution in [0.5, 0.6) is 0 Å². The van der Waals surface area contributed by atoms with E-state index in [2.05, 4.69) is 27.6 Å². The average molecular weight is 220 g/mol. The molecule has 2 aliphatic rings. The first-order valence-corrected chi connectivity index (χ1v) is 6.34. The Bertz CT molecular complexity index is 359. The number of nitrogens with two attached hydrogens (primary N) is 1. The molecule has 88 valence electrons. The molecule has 2 fully saturated rings. The van der Waals surface area contributed by atoms with Crippen LogP contribution in [0.3, 0.4) is 0 Å². The lowest BCUT2D eigenvalue weighted by Gasteiger charge is -2.38. The number of aromatic nitrogens is 2. The van der Waals surface area contributed by atoms with Crippen LogP contribution < -0.4 is 10.6 Å². The summed E-state index contributed by atoms with van der Waals surface area (Å²) in [5.74, 6) is 1.15. The number of nitrogens with zero attached hydrogens (tertiary/aromatic N) is 3. The van der Waals surface area contributed by atoms with Gasteiger partial charge < -0.3 is 15.2 Å². The second-order valence-electron chi connectivity index (χ2n) is 5.04. The number of piperidine rings is 1. The van der Waals surface area contributed by atoms with Gasteiger partial charge in [-0.15, -0.1) is 0 Å². The van der Waals surface area contributed by atoms with Crippen LogP contribution in [-0.2, 0) is 6.54 Å². The van der Waals surface area contributed by atoms with E-state index in [0.717, 1.165) is 25.3 Å². The van der Waals surface area contributed by atoms with E-state index in [1.165, 1.54) is 12.8 Å². The highest BCUT2D eigenvalue weighted by molar-refractivity contribution is 5.38. The van der Waals surface area contributed by atoms with Crippen molar-refractivity contribution in [3.05, 3.63) is 12.4 Å². The topological polar surface area (TPSA) is 47.1 Å². The van der Waals surface area contributed by atoms with E-state index in [1.807, 2.05) is 6.20 Å². The molecule has 1 aromatic rings. The molecule has 1 aromatic heterocycles. The highest BCUT2D eigenvalue weighted by Crippen LogP contribution is 2.37. The molecule has 3 heterocycles. The van der Waals surface area contributed by atoms with E-state index in [4.69, 9.17) is 5.73 Å². The Hall–Kier alpha value is -1.03. The summed E-state index contributed by atoms with van der Waals surface area (Å²) in [4.78, 5) is 7.05. The first-order chi connectivity index (χ1) is 7.79. The molecule has 2 aliphatic heterocycles. The largest absolute Gasteiger partial charge is 0.336 e. The molecule has 0 aromatic carbocycles. The molecule has 2 atom stereocenters. The van der Waals surface area contributed by atoms with E-state index in [1.54, 1.807) is 0 Å². The van der Waals surface area contributed by atoms with Gasteiger partial charge in [0.2, 0.25) is 5.95 Å². The van der Waals surface area contributed by atoms with Crippen LogP contribution in [0, 0.1) is 0 Å². The molecule has 2 N–H and O–H groups in total. The van der Waals surface area contributed by atoms with Gasteiger partial charge in [-0.2, -0.15) is 0 Å². The van der Waals surface area contributed by atoms with Crippen LogP contribution >= 0.6 is 0 Å². The van der Waals surface area contributed by atoms with Crippen molar-refractivity contribution in [2.75, 3.05) is 4.90 Å². The van der Waals surface area contributed by atoms with Gasteiger partial charge in [-0.05, 0) is 32.6 Å². The minimum Gasteiger partial charge on any atom is -0.336 e. The van der Waals surface area contributed by atoms with Gasteiger partial charge in [0.25, 0.3) is 0 Å². The fourth-order valence-corrected chi connectivity index (χ4v) is 3.33. The maximum atomic E-state index is 6.09. The second-order valence-corrected chi connectivity index (χ2v) is 5.04. The minimum absolute atomic E-state index is 0.402. The average Bonchev–Trinajstić information content (AvgIpc) is 2.81. The fraction of sp³-hybridized carbons (Fsp3) is 0.750. The van der Waals surface area contributed by atoms with E-state index in [-0.39, 0.29) is 0 Å². The third-order valence-electron chi connectivity index (χ3n) is 4.03. The Balaban J connectivity index is 1.91. The first kappa shape index (κ1) is 10.1. The number of hydrogen-bond acceptors (Lipinski definition) is 3. The summed E-state index contributed by atoms with van der Waals surface area (Å²) in [6.07, 6.45) is 8.82. The molecule has 2 unspecified atom stereocenters. The van der Waals surface area contributed by atoms with Gasteiger partial charge in [-0.25, -0.2) is 4.98 Å². The predicted octanol–water partition coefficient (Wildman–Crippen LogP) is 1.36. The molecule has 16 heavy (non-hydrogen) atoms. The van der Waals surface area contributed by atoms with Crippen molar-refractivity contribution in [3.63, 3.8) is 0 Å². The maximum Gasteiger partial charge on any atom is 0.205 e. The molecule has 0 saturated carbocycles. The highest BCUT2D eigenvalue weighted by atomic mass is 15.4. The third-order valence-corrected chi connectivity index (χ3v) is 4.03.